The topological polar surface area (TPSA) is 59.9 Å². The summed E-state index contributed by atoms with van der Waals surface area (Å²) in [4.78, 5) is 17.4. The van der Waals surface area contributed by atoms with Gasteiger partial charge >= 0.3 is 0 Å². The molecule has 26 heavy (non-hydrogen) atoms. The van der Waals surface area contributed by atoms with Crippen LogP contribution in [0.4, 0.5) is 5.69 Å². The van der Waals surface area contributed by atoms with Gasteiger partial charge in [-0.1, -0.05) is 18.2 Å². The second-order valence-electron chi connectivity index (χ2n) is 5.89. The molecular formula is C20H20N2O3S. The molecule has 1 saturated heterocycles. The molecule has 0 saturated carbocycles. The highest BCUT2D eigenvalue weighted by atomic mass is 32.2. The van der Waals surface area contributed by atoms with Gasteiger partial charge in [0, 0.05) is 0 Å². The van der Waals surface area contributed by atoms with E-state index in [-0.39, 0.29) is 5.91 Å². The van der Waals surface area contributed by atoms with Crippen molar-refractivity contribution in [3.05, 3.63) is 58.0 Å². The van der Waals surface area contributed by atoms with Gasteiger partial charge in [0.25, 0.3) is 5.91 Å². The van der Waals surface area contributed by atoms with Crippen molar-refractivity contribution in [2.45, 2.75) is 13.8 Å². The number of benzene rings is 2. The van der Waals surface area contributed by atoms with Crippen molar-refractivity contribution in [3.63, 3.8) is 0 Å². The first-order chi connectivity index (χ1) is 12.5. The van der Waals surface area contributed by atoms with Gasteiger partial charge in [0.2, 0.25) is 0 Å². The minimum atomic E-state index is -0.167. The number of rotatable bonds is 4. The van der Waals surface area contributed by atoms with Gasteiger partial charge in [-0.25, -0.2) is 4.99 Å². The Morgan fingerprint density at radius 2 is 1.81 bits per heavy atom. The molecule has 2 aromatic rings. The molecule has 1 aliphatic heterocycles. The summed E-state index contributed by atoms with van der Waals surface area (Å²) in [6, 6.07) is 11.6. The van der Waals surface area contributed by atoms with E-state index in [0.717, 1.165) is 22.4 Å². The van der Waals surface area contributed by atoms with Crippen molar-refractivity contribution in [2.75, 3.05) is 14.2 Å². The maximum absolute atomic E-state index is 12.3. The van der Waals surface area contributed by atoms with Gasteiger partial charge < -0.3 is 14.8 Å². The van der Waals surface area contributed by atoms with Crippen LogP contribution in [-0.4, -0.2) is 25.3 Å². The Hall–Kier alpha value is -2.73. The normalized spacial score (nSPS) is 16.8. The summed E-state index contributed by atoms with van der Waals surface area (Å²) in [5.74, 6) is 1.29. The molecule has 0 aromatic heterocycles. The summed E-state index contributed by atoms with van der Waals surface area (Å²) in [6.45, 7) is 3.96. The van der Waals surface area contributed by atoms with E-state index in [1.165, 1.54) is 11.8 Å². The second kappa shape index (κ2) is 7.66. The monoisotopic (exact) mass is 368 g/mol. The summed E-state index contributed by atoms with van der Waals surface area (Å²) in [5.41, 5.74) is 3.71. The zero-order valence-electron chi connectivity index (χ0n) is 15.1. The lowest BCUT2D eigenvalue weighted by molar-refractivity contribution is -0.115. The number of carbonyl (C=O) groups is 1. The highest BCUT2D eigenvalue weighted by molar-refractivity contribution is 8.18. The van der Waals surface area contributed by atoms with E-state index in [4.69, 9.17) is 9.47 Å². The van der Waals surface area contributed by atoms with E-state index < -0.39 is 0 Å². The molecule has 0 radical (unpaired) electrons. The number of methoxy groups -OCH3 is 2. The average molecular weight is 368 g/mol. The fourth-order valence-electron chi connectivity index (χ4n) is 2.56. The number of thioether (sulfide) groups is 1. The van der Waals surface area contributed by atoms with E-state index in [0.29, 0.717) is 21.5 Å². The van der Waals surface area contributed by atoms with Gasteiger partial charge in [-0.3, -0.25) is 4.79 Å². The molecule has 134 valence electrons. The molecule has 0 bridgehead atoms. The molecule has 0 unspecified atom stereocenters. The van der Waals surface area contributed by atoms with Gasteiger partial charge in [-0.05, 0) is 66.6 Å². The van der Waals surface area contributed by atoms with Crippen LogP contribution in [0.3, 0.4) is 0 Å². The van der Waals surface area contributed by atoms with Crippen LogP contribution in [0.1, 0.15) is 16.7 Å². The summed E-state index contributed by atoms with van der Waals surface area (Å²) in [7, 11) is 3.24. The number of aliphatic imine (C=N–C) groups is 1. The van der Waals surface area contributed by atoms with Crippen molar-refractivity contribution >= 4 is 34.6 Å². The largest absolute Gasteiger partial charge is 0.496 e. The first-order valence-electron chi connectivity index (χ1n) is 8.09. The average Bonchev–Trinajstić information content (AvgIpc) is 2.96. The van der Waals surface area contributed by atoms with E-state index >= 15 is 0 Å². The fraction of sp³-hybridized carbons (Fsp3) is 0.200. The van der Waals surface area contributed by atoms with Gasteiger partial charge in [0.15, 0.2) is 5.17 Å². The fourth-order valence-corrected chi connectivity index (χ4v) is 3.39. The van der Waals surface area contributed by atoms with Crippen LogP contribution in [0, 0.1) is 13.8 Å². The molecule has 1 heterocycles. The zero-order valence-corrected chi connectivity index (χ0v) is 15.9. The number of hydrogen-bond acceptors (Lipinski definition) is 5. The Bertz CT molecular complexity index is 919. The number of hydrogen-bond donors (Lipinski definition) is 1. The van der Waals surface area contributed by atoms with Crippen molar-refractivity contribution in [3.8, 4) is 11.5 Å². The quantitative estimate of drug-likeness (QED) is 0.821. The molecule has 3 rings (SSSR count). The van der Waals surface area contributed by atoms with E-state index in [2.05, 4.69) is 10.3 Å². The molecule has 1 fully saturated rings. The molecule has 6 heteroatoms. The number of amides is 1. The lowest BCUT2D eigenvalue weighted by atomic mass is 10.1. The lowest BCUT2D eigenvalue weighted by Gasteiger charge is -2.05. The van der Waals surface area contributed by atoms with Gasteiger partial charge in [-0.2, -0.15) is 0 Å². The Balaban J connectivity index is 1.88. The van der Waals surface area contributed by atoms with Crippen molar-refractivity contribution in [1.82, 2.24) is 5.32 Å². The molecule has 0 spiro atoms. The minimum absolute atomic E-state index is 0.167. The highest BCUT2D eigenvalue weighted by Gasteiger charge is 2.24. The van der Waals surface area contributed by atoms with Crippen LogP contribution in [0.5, 0.6) is 11.5 Å². The minimum Gasteiger partial charge on any atom is -0.496 e. The molecular weight excluding hydrogens is 348 g/mol. The SMILES string of the molecule is COc1cc(/C=C2\SC(=Nc3cc(C)ccc3OC)NC2=O)ccc1C. The Kier molecular flexibility index (Phi) is 5.32. The van der Waals surface area contributed by atoms with Crippen LogP contribution in [0.2, 0.25) is 0 Å². The molecule has 1 N–H and O–H groups in total. The Labute approximate surface area is 157 Å². The number of aryl methyl sites for hydroxylation is 2. The third kappa shape index (κ3) is 3.91. The van der Waals surface area contributed by atoms with Crippen molar-refractivity contribution < 1.29 is 14.3 Å². The van der Waals surface area contributed by atoms with Gasteiger partial charge in [0.05, 0.1) is 19.1 Å². The molecule has 5 nitrogen and oxygen atoms in total. The van der Waals surface area contributed by atoms with Crippen LogP contribution in [0.15, 0.2) is 46.3 Å². The number of nitrogens with one attached hydrogen (secondary N) is 1. The van der Waals surface area contributed by atoms with Crippen LogP contribution in [-0.2, 0) is 4.79 Å². The molecule has 0 atom stereocenters. The second-order valence-corrected chi connectivity index (χ2v) is 6.92. The summed E-state index contributed by atoms with van der Waals surface area (Å²) < 4.78 is 10.7. The van der Waals surface area contributed by atoms with Crippen LogP contribution < -0.4 is 14.8 Å². The Morgan fingerprint density at radius 3 is 2.54 bits per heavy atom. The maximum Gasteiger partial charge on any atom is 0.264 e. The van der Waals surface area contributed by atoms with Crippen LogP contribution >= 0.6 is 11.8 Å². The summed E-state index contributed by atoms with van der Waals surface area (Å²) >= 11 is 1.31. The van der Waals surface area contributed by atoms with E-state index in [9.17, 15) is 4.79 Å². The maximum atomic E-state index is 12.3. The molecule has 1 aliphatic rings. The van der Waals surface area contributed by atoms with E-state index in [1.54, 1.807) is 14.2 Å². The lowest BCUT2D eigenvalue weighted by Crippen LogP contribution is -2.19. The van der Waals surface area contributed by atoms with Gasteiger partial charge in [-0.15, -0.1) is 0 Å². The highest BCUT2D eigenvalue weighted by Crippen LogP contribution is 2.33. The molecule has 0 aliphatic carbocycles. The van der Waals surface area contributed by atoms with Crippen LogP contribution in [0.25, 0.3) is 6.08 Å². The first-order valence-corrected chi connectivity index (χ1v) is 8.90. The molecule has 1 amide bonds. The first kappa shape index (κ1) is 18.1. The standard InChI is InChI=1S/C20H20N2O3S/c1-12-5-8-16(24-3)15(9-12)21-20-22-19(23)18(26-20)11-14-7-6-13(2)17(10-14)25-4/h5-11H,1-4H3,(H,21,22,23)/b18-11-. The smallest absolute Gasteiger partial charge is 0.264 e. The van der Waals surface area contributed by atoms with Crippen molar-refractivity contribution in [1.29, 1.82) is 0 Å². The zero-order chi connectivity index (χ0) is 18.7. The van der Waals surface area contributed by atoms with Gasteiger partial charge in [0.1, 0.15) is 17.2 Å². The summed E-state index contributed by atoms with van der Waals surface area (Å²) in [6.07, 6.45) is 1.83. The molecule has 2 aromatic carbocycles. The number of nitrogens with zero attached hydrogens (tertiary/aromatic N) is 1. The third-order valence-electron chi connectivity index (χ3n) is 3.94. The van der Waals surface area contributed by atoms with E-state index in [1.807, 2.05) is 56.3 Å². The van der Waals surface area contributed by atoms with Crippen molar-refractivity contribution in [2.24, 2.45) is 4.99 Å². The predicted octanol–water partition coefficient (Wildman–Crippen LogP) is 4.21. The number of amidine groups is 1. The number of ether oxygens (including phenoxy) is 2. The summed E-state index contributed by atoms with van der Waals surface area (Å²) in [5, 5.41) is 3.33. The third-order valence-corrected chi connectivity index (χ3v) is 4.85. The number of carbonyl (C=O) groups excluding carboxylic acids is 1. The Morgan fingerprint density at radius 1 is 1.04 bits per heavy atom. The predicted molar refractivity (Wildman–Crippen MR) is 106 cm³/mol.